The molecule has 0 spiro atoms. The van der Waals surface area contributed by atoms with Gasteiger partial charge in [-0.2, -0.15) is 0 Å². The van der Waals surface area contributed by atoms with E-state index >= 15 is 0 Å². The summed E-state index contributed by atoms with van der Waals surface area (Å²) in [6.45, 7) is 6.21. The highest BCUT2D eigenvalue weighted by Gasteiger charge is 2.24. The first-order valence-corrected chi connectivity index (χ1v) is 10.6. The number of hydrogen-bond donors (Lipinski definition) is 1. The predicted octanol–water partition coefficient (Wildman–Crippen LogP) is 3.34. The van der Waals surface area contributed by atoms with Crippen LogP contribution in [-0.4, -0.2) is 69.1 Å². The molecule has 0 saturated carbocycles. The lowest BCUT2D eigenvalue weighted by molar-refractivity contribution is -0.0367. The van der Waals surface area contributed by atoms with Gasteiger partial charge in [-0.1, -0.05) is 17.7 Å². The van der Waals surface area contributed by atoms with Crippen molar-refractivity contribution >= 4 is 17.6 Å². The minimum atomic E-state index is 0.00232. The molecule has 2 heterocycles. The number of rotatable bonds is 7. The maximum absolute atomic E-state index is 6.06. The zero-order valence-corrected chi connectivity index (χ0v) is 17.7. The standard InChI is InChI=1S/C21H32ClN3O3/c1-16(28-19-6-3-5-17(22)13-19)14-24-21(23-2)25-10-8-18(9-11-25)27-15-20-7-4-12-26-20/h3,5-6,13,16,18,20H,4,7-12,14-15H2,1-2H3,(H,23,24). The van der Waals surface area contributed by atoms with E-state index in [9.17, 15) is 0 Å². The molecule has 6 nitrogen and oxygen atoms in total. The van der Waals surface area contributed by atoms with Crippen LogP contribution in [0.2, 0.25) is 5.02 Å². The highest BCUT2D eigenvalue weighted by atomic mass is 35.5. The van der Waals surface area contributed by atoms with Crippen molar-refractivity contribution in [2.75, 3.05) is 39.9 Å². The van der Waals surface area contributed by atoms with Crippen molar-refractivity contribution in [1.29, 1.82) is 0 Å². The Bertz CT molecular complexity index is 629. The average molecular weight is 410 g/mol. The Labute approximate surface area is 173 Å². The number of guanidine groups is 1. The number of likely N-dealkylation sites (tertiary alicyclic amines) is 1. The van der Waals surface area contributed by atoms with E-state index < -0.39 is 0 Å². The van der Waals surface area contributed by atoms with Crippen LogP contribution in [-0.2, 0) is 9.47 Å². The van der Waals surface area contributed by atoms with Crippen LogP contribution in [0.5, 0.6) is 5.75 Å². The lowest BCUT2D eigenvalue weighted by Crippen LogP contribution is -2.49. The number of benzene rings is 1. The normalized spacial score (nSPS) is 22.3. The molecular weight excluding hydrogens is 378 g/mol. The summed E-state index contributed by atoms with van der Waals surface area (Å²) in [4.78, 5) is 6.72. The molecule has 2 unspecified atom stereocenters. The first-order chi connectivity index (χ1) is 13.6. The van der Waals surface area contributed by atoms with E-state index in [1.54, 1.807) is 0 Å². The quantitative estimate of drug-likeness (QED) is 0.553. The van der Waals surface area contributed by atoms with Gasteiger partial charge in [0, 0.05) is 31.8 Å². The molecule has 0 bridgehead atoms. The minimum Gasteiger partial charge on any atom is -0.489 e. The Morgan fingerprint density at radius 1 is 1.36 bits per heavy atom. The van der Waals surface area contributed by atoms with Crippen LogP contribution in [0.25, 0.3) is 0 Å². The monoisotopic (exact) mass is 409 g/mol. The van der Waals surface area contributed by atoms with Crippen molar-refractivity contribution in [3.8, 4) is 5.75 Å². The van der Waals surface area contributed by atoms with E-state index in [1.807, 2.05) is 38.2 Å². The summed E-state index contributed by atoms with van der Waals surface area (Å²) in [5, 5.41) is 4.10. The molecule has 2 aliphatic heterocycles. The molecule has 0 aliphatic carbocycles. The molecule has 156 valence electrons. The Kier molecular flexibility index (Phi) is 8.25. The third-order valence-corrected chi connectivity index (χ3v) is 5.41. The first kappa shape index (κ1) is 21.2. The van der Waals surface area contributed by atoms with Crippen molar-refractivity contribution in [3.05, 3.63) is 29.3 Å². The van der Waals surface area contributed by atoms with Crippen molar-refractivity contribution in [2.24, 2.45) is 4.99 Å². The maximum Gasteiger partial charge on any atom is 0.193 e. The number of hydrogen-bond acceptors (Lipinski definition) is 4. The zero-order chi connectivity index (χ0) is 19.8. The van der Waals surface area contributed by atoms with E-state index in [0.717, 1.165) is 63.7 Å². The molecule has 1 aromatic rings. The smallest absolute Gasteiger partial charge is 0.193 e. The van der Waals surface area contributed by atoms with Gasteiger partial charge in [0.05, 0.1) is 25.4 Å². The van der Waals surface area contributed by atoms with Crippen molar-refractivity contribution in [1.82, 2.24) is 10.2 Å². The molecule has 7 heteroatoms. The average Bonchev–Trinajstić information content (AvgIpc) is 3.21. The van der Waals surface area contributed by atoms with Gasteiger partial charge in [-0.15, -0.1) is 0 Å². The van der Waals surface area contributed by atoms with Crippen LogP contribution < -0.4 is 10.1 Å². The minimum absolute atomic E-state index is 0.00232. The molecular formula is C21H32ClN3O3. The van der Waals surface area contributed by atoms with Crippen molar-refractivity contribution in [2.45, 2.75) is 50.9 Å². The Hall–Kier alpha value is -1.50. The largest absolute Gasteiger partial charge is 0.489 e. The molecule has 28 heavy (non-hydrogen) atoms. The highest BCUT2D eigenvalue weighted by Crippen LogP contribution is 2.19. The summed E-state index contributed by atoms with van der Waals surface area (Å²) in [7, 11) is 1.82. The van der Waals surface area contributed by atoms with E-state index in [4.69, 9.17) is 25.8 Å². The van der Waals surface area contributed by atoms with E-state index in [2.05, 4.69) is 15.2 Å². The molecule has 0 aromatic heterocycles. The first-order valence-electron chi connectivity index (χ1n) is 10.2. The molecule has 2 saturated heterocycles. The second-order valence-corrected chi connectivity index (χ2v) is 7.91. The summed E-state index contributed by atoms with van der Waals surface area (Å²) in [5.41, 5.74) is 0. The zero-order valence-electron chi connectivity index (χ0n) is 16.9. The van der Waals surface area contributed by atoms with Crippen LogP contribution in [0.1, 0.15) is 32.6 Å². The van der Waals surface area contributed by atoms with E-state index in [0.29, 0.717) is 23.8 Å². The molecule has 1 N–H and O–H groups in total. The van der Waals surface area contributed by atoms with Gasteiger partial charge < -0.3 is 24.4 Å². The fourth-order valence-electron chi connectivity index (χ4n) is 3.64. The number of aliphatic imine (C=N–C) groups is 1. The SMILES string of the molecule is CN=C(NCC(C)Oc1cccc(Cl)c1)N1CCC(OCC2CCCO2)CC1. The Morgan fingerprint density at radius 2 is 2.18 bits per heavy atom. The number of piperidine rings is 1. The Balaban J connectivity index is 1.37. The summed E-state index contributed by atoms with van der Waals surface area (Å²) >= 11 is 6.01. The predicted molar refractivity (Wildman–Crippen MR) is 112 cm³/mol. The van der Waals surface area contributed by atoms with Gasteiger partial charge in [0.1, 0.15) is 11.9 Å². The summed E-state index contributed by atoms with van der Waals surface area (Å²) in [6, 6.07) is 7.47. The summed E-state index contributed by atoms with van der Waals surface area (Å²) in [5.74, 6) is 1.69. The third kappa shape index (κ3) is 6.54. The second kappa shape index (κ2) is 10.9. The van der Waals surface area contributed by atoms with Crippen molar-refractivity contribution in [3.63, 3.8) is 0 Å². The molecule has 1 aromatic carbocycles. The van der Waals surface area contributed by atoms with Crippen LogP contribution in [0.15, 0.2) is 29.3 Å². The molecule has 2 aliphatic rings. The van der Waals surface area contributed by atoms with Crippen LogP contribution >= 0.6 is 11.6 Å². The number of ether oxygens (including phenoxy) is 3. The maximum atomic E-state index is 6.06. The lowest BCUT2D eigenvalue weighted by Gasteiger charge is -2.34. The van der Waals surface area contributed by atoms with Crippen LogP contribution in [0, 0.1) is 0 Å². The molecule has 2 fully saturated rings. The van der Waals surface area contributed by atoms with Gasteiger partial charge in [0.25, 0.3) is 0 Å². The topological polar surface area (TPSA) is 55.3 Å². The van der Waals surface area contributed by atoms with Gasteiger partial charge in [0.2, 0.25) is 0 Å². The van der Waals surface area contributed by atoms with Gasteiger partial charge in [-0.3, -0.25) is 4.99 Å². The fraction of sp³-hybridized carbons (Fsp3) is 0.667. The molecule has 0 radical (unpaired) electrons. The van der Waals surface area contributed by atoms with E-state index in [1.165, 1.54) is 0 Å². The second-order valence-electron chi connectivity index (χ2n) is 7.47. The third-order valence-electron chi connectivity index (χ3n) is 5.18. The van der Waals surface area contributed by atoms with Gasteiger partial charge >= 0.3 is 0 Å². The fourth-order valence-corrected chi connectivity index (χ4v) is 3.82. The molecule has 0 amide bonds. The highest BCUT2D eigenvalue weighted by molar-refractivity contribution is 6.30. The number of nitrogens with one attached hydrogen (secondary N) is 1. The molecule has 2 atom stereocenters. The van der Waals surface area contributed by atoms with Crippen LogP contribution in [0.4, 0.5) is 0 Å². The van der Waals surface area contributed by atoms with E-state index in [-0.39, 0.29) is 6.10 Å². The summed E-state index contributed by atoms with van der Waals surface area (Å²) < 4.78 is 17.6. The lowest BCUT2D eigenvalue weighted by atomic mass is 10.1. The Morgan fingerprint density at radius 3 is 2.86 bits per heavy atom. The van der Waals surface area contributed by atoms with Gasteiger partial charge in [-0.25, -0.2) is 0 Å². The summed E-state index contributed by atoms with van der Waals surface area (Å²) in [6.07, 6.45) is 4.95. The van der Waals surface area contributed by atoms with Gasteiger partial charge in [0.15, 0.2) is 5.96 Å². The number of halogens is 1. The molecule has 3 rings (SSSR count). The van der Waals surface area contributed by atoms with Gasteiger partial charge in [-0.05, 0) is 50.8 Å². The number of nitrogens with zero attached hydrogens (tertiary/aromatic N) is 2. The van der Waals surface area contributed by atoms with Crippen LogP contribution in [0.3, 0.4) is 0 Å². The van der Waals surface area contributed by atoms with Crippen molar-refractivity contribution < 1.29 is 14.2 Å².